The van der Waals surface area contributed by atoms with Crippen LogP contribution in [-0.4, -0.2) is 75.3 Å². The SMILES string of the molecule is CCNC(=O)CN=C(NCC)NCC(C(C)C)N1CCOCC1.I. The zero-order chi connectivity index (χ0) is 17.1. The van der Waals surface area contributed by atoms with Crippen LogP contribution < -0.4 is 16.0 Å². The molecule has 0 aromatic carbocycles. The molecule has 0 saturated carbocycles. The highest BCUT2D eigenvalue weighted by molar-refractivity contribution is 14.0. The summed E-state index contributed by atoms with van der Waals surface area (Å²) in [5.41, 5.74) is 0. The molecule has 1 amide bonds. The number of rotatable bonds is 8. The first-order valence-corrected chi connectivity index (χ1v) is 8.69. The van der Waals surface area contributed by atoms with Gasteiger partial charge in [-0.25, -0.2) is 4.99 Å². The molecule has 1 heterocycles. The van der Waals surface area contributed by atoms with Gasteiger partial charge in [-0.05, 0) is 19.8 Å². The lowest BCUT2D eigenvalue weighted by Crippen LogP contribution is -2.52. The van der Waals surface area contributed by atoms with Gasteiger partial charge in [0.25, 0.3) is 0 Å². The molecular weight excluding hydrogens is 421 g/mol. The molecule has 142 valence electrons. The van der Waals surface area contributed by atoms with Crippen LogP contribution in [0.1, 0.15) is 27.7 Å². The fourth-order valence-electron chi connectivity index (χ4n) is 2.64. The summed E-state index contributed by atoms with van der Waals surface area (Å²) in [6.07, 6.45) is 0. The summed E-state index contributed by atoms with van der Waals surface area (Å²) >= 11 is 0. The Balaban J connectivity index is 0.00000529. The van der Waals surface area contributed by atoms with E-state index in [2.05, 4.69) is 39.7 Å². The third-order valence-corrected chi connectivity index (χ3v) is 3.86. The summed E-state index contributed by atoms with van der Waals surface area (Å²) in [4.78, 5) is 18.4. The quantitative estimate of drug-likeness (QED) is 0.285. The normalized spacial score (nSPS) is 17.1. The molecule has 1 rings (SSSR count). The van der Waals surface area contributed by atoms with Crippen LogP contribution in [-0.2, 0) is 9.53 Å². The van der Waals surface area contributed by atoms with Gasteiger partial charge in [0.2, 0.25) is 5.91 Å². The summed E-state index contributed by atoms with van der Waals surface area (Å²) in [6, 6.07) is 0.423. The Morgan fingerprint density at radius 2 is 1.75 bits per heavy atom. The highest BCUT2D eigenvalue weighted by Gasteiger charge is 2.23. The number of carbonyl (C=O) groups is 1. The summed E-state index contributed by atoms with van der Waals surface area (Å²) in [5, 5.41) is 9.32. The van der Waals surface area contributed by atoms with Gasteiger partial charge in [0, 0.05) is 38.8 Å². The van der Waals surface area contributed by atoms with E-state index in [1.54, 1.807) is 0 Å². The van der Waals surface area contributed by atoms with Crippen LogP contribution in [0.4, 0.5) is 0 Å². The molecule has 0 radical (unpaired) electrons. The minimum atomic E-state index is -0.0571. The Morgan fingerprint density at radius 1 is 1.12 bits per heavy atom. The number of morpholine rings is 1. The summed E-state index contributed by atoms with van der Waals surface area (Å²) < 4.78 is 5.44. The Kier molecular flexibility index (Phi) is 13.3. The zero-order valence-electron chi connectivity index (χ0n) is 15.4. The standard InChI is InChI=1S/C16H33N5O2.HI/c1-5-17-15(22)12-20-16(18-6-2)19-11-14(13(3)4)21-7-9-23-10-8-21;/h13-14H,5-12H2,1-4H3,(H,17,22)(H2,18,19,20);1H. The van der Waals surface area contributed by atoms with Crippen molar-refractivity contribution in [2.24, 2.45) is 10.9 Å². The van der Waals surface area contributed by atoms with E-state index in [1.165, 1.54) is 0 Å². The molecule has 1 fully saturated rings. The second kappa shape index (κ2) is 13.7. The van der Waals surface area contributed by atoms with Crippen molar-refractivity contribution in [3.8, 4) is 0 Å². The van der Waals surface area contributed by atoms with Crippen molar-refractivity contribution in [1.29, 1.82) is 0 Å². The van der Waals surface area contributed by atoms with Gasteiger partial charge in [0.05, 0.1) is 13.2 Å². The van der Waals surface area contributed by atoms with Crippen molar-refractivity contribution < 1.29 is 9.53 Å². The van der Waals surface area contributed by atoms with E-state index < -0.39 is 0 Å². The zero-order valence-corrected chi connectivity index (χ0v) is 17.8. The number of nitrogens with zero attached hydrogens (tertiary/aromatic N) is 2. The number of guanidine groups is 1. The maximum absolute atomic E-state index is 11.5. The van der Waals surface area contributed by atoms with Gasteiger partial charge < -0.3 is 20.7 Å². The molecule has 0 bridgehead atoms. The minimum Gasteiger partial charge on any atom is -0.379 e. The lowest BCUT2D eigenvalue weighted by Gasteiger charge is -2.37. The van der Waals surface area contributed by atoms with E-state index in [9.17, 15) is 4.79 Å². The largest absolute Gasteiger partial charge is 0.379 e. The number of likely N-dealkylation sites (N-methyl/N-ethyl adjacent to an activating group) is 1. The molecule has 1 aliphatic rings. The lowest BCUT2D eigenvalue weighted by atomic mass is 10.0. The number of nitrogens with one attached hydrogen (secondary N) is 3. The Hall–Kier alpha value is -0.610. The lowest BCUT2D eigenvalue weighted by molar-refractivity contribution is -0.119. The number of amides is 1. The smallest absolute Gasteiger partial charge is 0.241 e. The average molecular weight is 455 g/mol. The first-order chi connectivity index (χ1) is 11.1. The molecule has 0 aliphatic carbocycles. The molecular formula is C16H34IN5O2. The van der Waals surface area contributed by atoms with E-state index in [0.29, 0.717) is 24.5 Å². The highest BCUT2D eigenvalue weighted by atomic mass is 127. The van der Waals surface area contributed by atoms with E-state index in [1.807, 2.05) is 13.8 Å². The minimum absolute atomic E-state index is 0. The van der Waals surface area contributed by atoms with Gasteiger partial charge in [-0.2, -0.15) is 0 Å². The van der Waals surface area contributed by atoms with Crippen LogP contribution in [0.3, 0.4) is 0 Å². The van der Waals surface area contributed by atoms with Crippen LogP contribution in [0.15, 0.2) is 4.99 Å². The van der Waals surface area contributed by atoms with Crippen LogP contribution in [0, 0.1) is 5.92 Å². The number of hydrogen-bond acceptors (Lipinski definition) is 4. The van der Waals surface area contributed by atoms with Crippen LogP contribution in [0.2, 0.25) is 0 Å². The second-order valence-corrected chi connectivity index (χ2v) is 5.99. The van der Waals surface area contributed by atoms with E-state index >= 15 is 0 Å². The predicted molar refractivity (Wildman–Crippen MR) is 109 cm³/mol. The molecule has 0 aromatic heterocycles. The first kappa shape index (κ1) is 23.4. The van der Waals surface area contributed by atoms with Crippen LogP contribution in [0.25, 0.3) is 0 Å². The molecule has 1 saturated heterocycles. The summed E-state index contributed by atoms with van der Waals surface area (Å²) in [5.74, 6) is 1.17. The second-order valence-electron chi connectivity index (χ2n) is 5.99. The van der Waals surface area contributed by atoms with Gasteiger partial charge >= 0.3 is 0 Å². The first-order valence-electron chi connectivity index (χ1n) is 8.69. The van der Waals surface area contributed by atoms with Crippen LogP contribution in [0.5, 0.6) is 0 Å². The third-order valence-electron chi connectivity index (χ3n) is 3.86. The Labute approximate surface area is 163 Å². The predicted octanol–water partition coefficient (Wildman–Crippen LogP) is 0.652. The van der Waals surface area contributed by atoms with E-state index in [4.69, 9.17) is 4.74 Å². The van der Waals surface area contributed by atoms with E-state index in [-0.39, 0.29) is 36.4 Å². The summed E-state index contributed by atoms with van der Waals surface area (Å²) in [7, 11) is 0. The molecule has 0 spiro atoms. The molecule has 1 aliphatic heterocycles. The molecule has 1 atom stereocenters. The number of carbonyl (C=O) groups excluding carboxylic acids is 1. The van der Waals surface area contributed by atoms with Gasteiger partial charge in [-0.1, -0.05) is 13.8 Å². The van der Waals surface area contributed by atoms with Crippen molar-refractivity contribution >= 4 is 35.8 Å². The van der Waals surface area contributed by atoms with Gasteiger partial charge in [0.15, 0.2) is 5.96 Å². The van der Waals surface area contributed by atoms with Crippen molar-refractivity contribution in [2.45, 2.75) is 33.7 Å². The maximum atomic E-state index is 11.5. The van der Waals surface area contributed by atoms with Gasteiger partial charge in [-0.3, -0.25) is 9.69 Å². The molecule has 24 heavy (non-hydrogen) atoms. The Morgan fingerprint density at radius 3 is 2.29 bits per heavy atom. The monoisotopic (exact) mass is 455 g/mol. The van der Waals surface area contributed by atoms with Crippen molar-refractivity contribution in [3.63, 3.8) is 0 Å². The molecule has 0 aromatic rings. The molecule has 7 nitrogen and oxygen atoms in total. The number of aliphatic imine (C=N–C) groups is 1. The van der Waals surface area contributed by atoms with E-state index in [0.717, 1.165) is 39.4 Å². The van der Waals surface area contributed by atoms with Crippen molar-refractivity contribution in [1.82, 2.24) is 20.9 Å². The van der Waals surface area contributed by atoms with Crippen molar-refractivity contribution in [3.05, 3.63) is 0 Å². The fourth-order valence-corrected chi connectivity index (χ4v) is 2.64. The summed E-state index contributed by atoms with van der Waals surface area (Å²) in [6.45, 7) is 14.3. The fraction of sp³-hybridized carbons (Fsp3) is 0.875. The topological polar surface area (TPSA) is 78.0 Å². The maximum Gasteiger partial charge on any atom is 0.241 e. The number of hydrogen-bond donors (Lipinski definition) is 3. The Bertz CT molecular complexity index is 373. The average Bonchev–Trinajstić information content (AvgIpc) is 2.53. The van der Waals surface area contributed by atoms with Gasteiger partial charge in [-0.15, -0.1) is 24.0 Å². The van der Waals surface area contributed by atoms with Crippen molar-refractivity contribution in [2.75, 3.05) is 52.5 Å². The molecule has 3 N–H and O–H groups in total. The molecule has 1 unspecified atom stereocenters. The number of halogens is 1. The van der Waals surface area contributed by atoms with Crippen LogP contribution >= 0.6 is 24.0 Å². The third kappa shape index (κ3) is 9.03. The van der Waals surface area contributed by atoms with Gasteiger partial charge in [0.1, 0.15) is 6.54 Å². The highest BCUT2D eigenvalue weighted by Crippen LogP contribution is 2.12. The number of ether oxygens (including phenoxy) is 1. The molecule has 8 heteroatoms.